The highest BCUT2D eigenvalue weighted by molar-refractivity contribution is 6.32. The average Bonchev–Trinajstić information content (AvgIpc) is 2.44. The van der Waals surface area contributed by atoms with Crippen molar-refractivity contribution in [2.24, 2.45) is 7.05 Å². The Morgan fingerprint density at radius 1 is 1.53 bits per heavy atom. The zero-order valence-corrected chi connectivity index (χ0v) is 11.0. The van der Waals surface area contributed by atoms with Gasteiger partial charge in [-0.1, -0.05) is 23.7 Å². The van der Waals surface area contributed by atoms with E-state index in [2.05, 4.69) is 16.5 Å². The SMILES string of the molecule is Cn1ncc(NCc2cccc(C#N)c2)c(Cl)c1=O. The highest BCUT2D eigenvalue weighted by Crippen LogP contribution is 2.16. The van der Waals surface area contributed by atoms with Gasteiger partial charge in [-0.3, -0.25) is 4.79 Å². The first kappa shape index (κ1) is 13.1. The van der Waals surface area contributed by atoms with Crippen molar-refractivity contribution in [1.29, 1.82) is 5.26 Å². The van der Waals surface area contributed by atoms with Crippen LogP contribution in [0.5, 0.6) is 0 Å². The molecule has 1 N–H and O–H groups in total. The summed E-state index contributed by atoms with van der Waals surface area (Å²) in [6.07, 6.45) is 1.50. The molecule has 5 nitrogen and oxygen atoms in total. The zero-order chi connectivity index (χ0) is 13.8. The van der Waals surface area contributed by atoms with Gasteiger partial charge in [0.2, 0.25) is 0 Å². The highest BCUT2D eigenvalue weighted by Gasteiger charge is 2.06. The molecular weight excluding hydrogens is 264 g/mol. The number of anilines is 1. The molecule has 0 unspecified atom stereocenters. The molecule has 0 saturated carbocycles. The third kappa shape index (κ3) is 2.92. The Morgan fingerprint density at radius 2 is 2.32 bits per heavy atom. The molecular formula is C13H11ClN4O. The van der Waals surface area contributed by atoms with E-state index in [9.17, 15) is 4.79 Å². The lowest BCUT2D eigenvalue weighted by atomic mass is 10.1. The summed E-state index contributed by atoms with van der Waals surface area (Å²) < 4.78 is 1.17. The van der Waals surface area contributed by atoms with E-state index in [-0.39, 0.29) is 10.6 Å². The lowest BCUT2D eigenvalue weighted by Gasteiger charge is -2.08. The van der Waals surface area contributed by atoms with Crippen LogP contribution in [0.15, 0.2) is 35.3 Å². The van der Waals surface area contributed by atoms with Crippen LogP contribution in [0.1, 0.15) is 11.1 Å². The minimum Gasteiger partial charge on any atom is -0.378 e. The maximum Gasteiger partial charge on any atom is 0.287 e. The Morgan fingerprint density at radius 3 is 3.05 bits per heavy atom. The Balaban J connectivity index is 2.17. The summed E-state index contributed by atoms with van der Waals surface area (Å²) in [6, 6.07) is 9.27. The number of rotatable bonds is 3. The summed E-state index contributed by atoms with van der Waals surface area (Å²) in [7, 11) is 1.54. The molecule has 6 heteroatoms. The fraction of sp³-hybridized carbons (Fsp3) is 0.154. The van der Waals surface area contributed by atoms with Crippen LogP contribution < -0.4 is 10.9 Å². The van der Waals surface area contributed by atoms with E-state index < -0.39 is 0 Å². The van der Waals surface area contributed by atoms with Crippen molar-refractivity contribution >= 4 is 17.3 Å². The van der Waals surface area contributed by atoms with Crippen molar-refractivity contribution in [3.63, 3.8) is 0 Å². The minimum absolute atomic E-state index is 0.105. The van der Waals surface area contributed by atoms with Crippen LogP contribution in [0.4, 0.5) is 5.69 Å². The third-order valence-corrected chi connectivity index (χ3v) is 2.98. The van der Waals surface area contributed by atoms with E-state index in [1.165, 1.54) is 17.9 Å². The van der Waals surface area contributed by atoms with Gasteiger partial charge in [-0.2, -0.15) is 10.4 Å². The zero-order valence-electron chi connectivity index (χ0n) is 10.2. The van der Waals surface area contributed by atoms with Gasteiger partial charge in [0.25, 0.3) is 5.56 Å². The Bertz CT molecular complexity index is 703. The lowest BCUT2D eigenvalue weighted by Crippen LogP contribution is -2.21. The third-order valence-electron chi connectivity index (χ3n) is 2.62. The Labute approximate surface area is 115 Å². The first-order valence-corrected chi connectivity index (χ1v) is 5.94. The average molecular weight is 275 g/mol. The fourth-order valence-corrected chi connectivity index (χ4v) is 1.82. The maximum absolute atomic E-state index is 11.6. The topological polar surface area (TPSA) is 70.7 Å². The monoisotopic (exact) mass is 274 g/mol. The van der Waals surface area contributed by atoms with E-state index in [0.29, 0.717) is 17.8 Å². The van der Waals surface area contributed by atoms with Crippen LogP contribution in [0, 0.1) is 11.3 Å². The van der Waals surface area contributed by atoms with Gasteiger partial charge in [-0.15, -0.1) is 0 Å². The maximum atomic E-state index is 11.6. The highest BCUT2D eigenvalue weighted by atomic mass is 35.5. The van der Waals surface area contributed by atoms with Gasteiger partial charge in [0, 0.05) is 13.6 Å². The van der Waals surface area contributed by atoms with Gasteiger partial charge in [0.1, 0.15) is 5.02 Å². The van der Waals surface area contributed by atoms with Crippen molar-refractivity contribution in [2.75, 3.05) is 5.32 Å². The summed E-state index contributed by atoms with van der Waals surface area (Å²) in [5.41, 5.74) is 1.65. The molecule has 96 valence electrons. The first-order chi connectivity index (χ1) is 9.11. The molecule has 0 bridgehead atoms. The van der Waals surface area contributed by atoms with Gasteiger partial charge < -0.3 is 5.32 Å². The molecule has 0 fully saturated rings. The van der Waals surface area contributed by atoms with Crippen LogP contribution in [-0.4, -0.2) is 9.78 Å². The molecule has 0 aliphatic heterocycles. The fourth-order valence-electron chi connectivity index (χ4n) is 1.58. The van der Waals surface area contributed by atoms with Crippen molar-refractivity contribution in [2.45, 2.75) is 6.54 Å². The summed E-state index contributed by atoms with van der Waals surface area (Å²) in [4.78, 5) is 11.6. The number of nitrogens with zero attached hydrogens (tertiary/aromatic N) is 3. The largest absolute Gasteiger partial charge is 0.378 e. The van der Waals surface area contributed by atoms with Crippen LogP contribution in [0.2, 0.25) is 5.02 Å². The van der Waals surface area contributed by atoms with Gasteiger partial charge >= 0.3 is 0 Å². The van der Waals surface area contributed by atoms with E-state index in [4.69, 9.17) is 16.9 Å². The van der Waals surface area contributed by atoms with Gasteiger partial charge in [0.15, 0.2) is 0 Å². The smallest absolute Gasteiger partial charge is 0.287 e. The quantitative estimate of drug-likeness (QED) is 0.928. The number of aromatic nitrogens is 2. The molecule has 0 aliphatic carbocycles. The second kappa shape index (κ2) is 5.55. The van der Waals surface area contributed by atoms with Crippen LogP contribution >= 0.6 is 11.6 Å². The summed E-state index contributed by atoms with van der Waals surface area (Å²) in [5, 5.41) is 15.8. The predicted molar refractivity (Wildman–Crippen MR) is 73.0 cm³/mol. The minimum atomic E-state index is -0.350. The number of nitriles is 1. The number of aryl methyl sites for hydroxylation is 1. The summed E-state index contributed by atoms with van der Waals surface area (Å²) >= 11 is 5.94. The predicted octanol–water partition coefficient (Wildman–Crippen LogP) is 1.92. The van der Waals surface area contributed by atoms with E-state index >= 15 is 0 Å². The second-order valence-corrected chi connectivity index (χ2v) is 4.34. The van der Waals surface area contributed by atoms with Gasteiger partial charge in [-0.05, 0) is 17.7 Å². The van der Waals surface area contributed by atoms with Crippen LogP contribution in [-0.2, 0) is 13.6 Å². The Kier molecular flexibility index (Phi) is 3.83. The van der Waals surface area contributed by atoms with Gasteiger partial charge in [-0.25, -0.2) is 4.68 Å². The lowest BCUT2D eigenvalue weighted by molar-refractivity contribution is 0.708. The van der Waals surface area contributed by atoms with E-state index in [1.54, 1.807) is 18.2 Å². The van der Waals surface area contributed by atoms with Crippen molar-refractivity contribution in [1.82, 2.24) is 9.78 Å². The van der Waals surface area contributed by atoms with Crippen molar-refractivity contribution in [3.05, 3.63) is 57.0 Å². The molecule has 0 amide bonds. The number of benzene rings is 1. The molecule has 19 heavy (non-hydrogen) atoms. The number of hydrogen-bond acceptors (Lipinski definition) is 4. The molecule has 1 heterocycles. The van der Waals surface area contributed by atoms with Gasteiger partial charge in [0.05, 0.1) is 23.5 Å². The molecule has 2 aromatic rings. The molecule has 0 atom stereocenters. The van der Waals surface area contributed by atoms with E-state index in [1.807, 2.05) is 6.07 Å². The Hall–Kier alpha value is -2.32. The molecule has 0 spiro atoms. The second-order valence-electron chi connectivity index (χ2n) is 3.97. The first-order valence-electron chi connectivity index (χ1n) is 5.56. The summed E-state index contributed by atoms with van der Waals surface area (Å²) in [6.45, 7) is 0.462. The normalized spacial score (nSPS) is 9.95. The summed E-state index contributed by atoms with van der Waals surface area (Å²) in [5.74, 6) is 0. The molecule has 2 rings (SSSR count). The number of nitrogens with one attached hydrogen (secondary N) is 1. The molecule has 1 aromatic carbocycles. The number of halogens is 1. The standard InChI is InChI=1S/C13H11ClN4O/c1-18-13(19)12(14)11(8-17-18)16-7-10-4-2-3-9(5-10)6-15/h2-5,8,16H,7H2,1H3. The molecule has 0 aliphatic rings. The van der Waals surface area contributed by atoms with Crippen LogP contribution in [0.3, 0.4) is 0 Å². The van der Waals surface area contributed by atoms with Crippen molar-refractivity contribution in [3.8, 4) is 6.07 Å². The van der Waals surface area contributed by atoms with E-state index in [0.717, 1.165) is 5.56 Å². The van der Waals surface area contributed by atoms with Crippen molar-refractivity contribution < 1.29 is 0 Å². The number of hydrogen-bond donors (Lipinski definition) is 1. The molecule has 1 aromatic heterocycles. The molecule has 0 saturated heterocycles. The van der Waals surface area contributed by atoms with Crippen LogP contribution in [0.25, 0.3) is 0 Å². The molecule has 0 radical (unpaired) electrons.